The lowest BCUT2D eigenvalue weighted by Gasteiger charge is -2.33. The van der Waals surface area contributed by atoms with Crippen LogP contribution in [0.5, 0.6) is 0 Å². The quantitative estimate of drug-likeness (QED) is 0.387. The number of hydrogen-bond acceptors (Lipinski definition) is 6. The van der Waals surface area contributed by atoms with Crippen LogP contribution in [0.4, 0.5) is 5.82 Å². The van der Waals surface area contributed by atoms with E-state index < -0.39 is 0 Å². The number of imidazole rings is 1. The minimum atomic E-state index is 0.843. The molecule has 1 saturated heterocycles. The molecule has 0 bridgehead atoms. The Morgan fingerprint density at radius 2 is 1.64 bits per heavy atom. The molecule has 5 aromatic rings. The van der Waals surface area contributed by atoms with Gasteiger partial charge in [0.05, 0.1) is 5.69 Å². The molecule has 1 aromatic carbocycles. The lowest BCUT2D eigenvalue weighted by atomic mass is 10.0. The van der Waals surface area contributed by atoms with Crippen LogP contribution >= 0.6 is 11.3 Å². The average molecular weight is 453 g/mol. The molecule has 1 fully saturated rings. The first-order chi connectivity index (χ1) is 16.3. The summed E-state index contributed by atoms with van der Waals surface area (Å²) in [4.78, 5) is 14.0. The predicted octanol–water partition coefficient (Wildman–Crippen LogP) is 4.94. The van der Waals surface area contributed by atoms with E-state index in [1.54, 1.807) is 11.3 Å². The van der Waals surface area contributed by atoms with Crippen molar-refractivity contribution in [1.29, 1.82) is 0 Å². The van der Waals surface area contributed by atoms with Crippen LogP contribution in [0.3, 0.4) is 0 Å². The lowest BCUT2D eigenvalue weighted by Crippen LogP contribution is -2.44. The van der Waals surface area contributed by atoms with Crippen molar-refractivity contribution < 1.29 is 0 Å². The molecule has 0 unspecified atom stereocenters. The van der Waals surface area contributed by atoms with E-state index in [9.17, 15) is 0 Å². The normalized spacial score (nSPS) is 14.8. The molecular weight excluding hydrogens is 428 g/mol. The Morgan fingerprint density at radius 3 is 2.42 bits per heavy atom. The van der Waals surface area contributed by atoms with Crippen molar-refractivity contribution in [1.82, 2.24) is 24.5 Å². The summed E-state index contributed by atoms with van der Waals surface area (Å²) in [5.41, 5.74) is 7.32. The van der Waals surface area contributed by atoms with Gasteiger partial charge in [-0.1, -0.05) is 18.2 Å². The van der Waals surface area contributed by atoms with Crippen molar-refractivity contribution in [2.24, 2.45) is 0 Å². The summed E-state index contributed by atoms with van der Waals surface area (Å²) in [5.74, 6) is 0.988. The molecule has 164 valence electrons. The first-order valence-corrected chi connectivity index (χ1v) is 12.1. The van der Waals surface area contributed by atoms with Crippen molar-refractivity contribution in [3.05, 3.63) is 77.8 Å². The highest BCUT2D eigenvalue weighted by molar-refractivity contribution is 7.08. The zero-order chi connectivity index (χ0) is 22.2. The third-order valence-corrected chi connectivity index (χ3v) is 6.92. The molecule has 0 aliphatic carbocycles. The van der Waals surface area contributed by atoms with Crippen LogP contribution in [-0.4, -0.2) is 57.7 Å². The Hall–Kier alpha value is -3.55. The smallest absolute Gasteiger partial charge is 0.155 e. The third kappa shape index (κ3) is 3.79. The molecule has 0 amide bonds. The molecule has 33 heavy (non-hydrogen) atoms. The predicted molar refractivity (Wildman–Crippen MR) is 135 cm³/mol. The molecule has 7 heteroatoms. The zero-order valence-electron chi connectivity index (χ0n) is 18.4. The highest BCUT2D eigenvalue weighted by Gasteiger charge is 2.20. The number of nitrogens with zero attached hydrogens (tertiary/aromatic N) is 6. The van der Waals surface area contributed by atoms with Gasteiger partial charge in [-0.25, -0.2) is 9.50 Å². The van der Waals surface area contributed by atoms with Crippen LogP contribution in [0.25, 0.3) is 39.3 Å². The highest BCUT2D eigenvalue weighted by Crippen LogP contribution is 2.35. The van der Waals surface area contributed by atoms with Crippen molar-refractivity contribution in [2.45, 2.75) is 0 Å². The summed E-state index contributed by atoms with van der Waals surface area (Å²) in [6.07, 6.45) is 3.65. The second-order valence-electron chi connectivity index (χ2n) is 8.39. The molecule has 0 saturated carbocycles. The van der Waals surface area contributed by atoms with Gasteiger partial charge in [0, 0.05) is 49.7 Å². The van der Waals surface area contributed by atoms with E-state index >= 15 is 0 Å². The van der Waals surface area contributed by atoms with Crippen LogP contribution in [0.15, 0.2) is 77.8 Å². The number of anilines is 1. The highest BCUT2D eigenvalue weighted by atomic mass is 32.1. The molecule has 0 spiro atoms. The van der Waals surface area contributed by atoms with Gasteiger partial charge >= 0.3 is 0 Å². The summed E-state index contributed by atoms with van der Waals surface area (Å²) < 4.78 is 2.00. The lowest BCUT2D eigenvalue weighted by molar-refractivity contribution is 0.311. The summed E-state index contributed by atoms with van der Waals surface area (Å²) >= 11 is 1.71. The Labute approximate surface area is 196 Å². The molecule has 0 atom stereocenters. The molecule has 1 aliphatic heterocycles. The largest absolute Gasteiger partial charge is 0.353 e. The molecule has 0 radical (unpaired) electrons. The Balaban J connectivity index is 1.51. The Kier molecular flexibility index (Phi) is 5.13. The van der Waals surface area contributed by atoms with Gasteiger partial charge in [-0.3, -0.25) is 4.98 Å². The number of pyridine rings is 1. The van der Waals surface area contributed by atoms with Crippen LogP contribution in [-0.2, 0) is 0 Å². The van der Waals surface area contributed by atoms with E-state index in [0.29, 0.717) is 0 Å². The van der Waals surface area contributed by atoms with Gasteiger partial charge in [-0.05, 0) is 65.3 Å². The minimum absolute atomic E-state index is 0.843. The van der Waals surface area contributed by atoms with Gasteiger partial charge in [-0.2, -0.15) is 11.3 Å². The second kappa shape index (κ2) is 8.42. The number of rotatable bonds is 4. The maximum Gasteiger partial charge on any atom is 0.155 e. The van der Waals surface area contributed by atoms with E-state index in [-0.39, 0.29) is 0 Å². The fourth-order valence-electron chi connectivity index (χ4n) is 4.37. The van der Waals surface area contributed by atoms with E-state index in [1.165, 1.54) is 11.1 Å². The SMILES string of the molecule is CN1CCN(c2ccc3nc(-c4cccc(-c5ccsc5)c4)c(-c4ccncc4)n3n2)CC1. The fourth-order valence-corrected chi connectivity index (χ4v) is 5.04. The van der Waals surface area contributed by atoms with Crippen LogP contribution < -0.4 is 4.90 Å². The number of aromatic nitrogens is 4. The monoisotopic (exact) mass is 452 g/mol. The van der Waals surface area contributed by atoms with E-state index in [2.05, 4.69) is 75.1 Å². The number of hydrogen-bond donors (Lipinski definition) is 0. The van der Waals surface area contributed by atoms with Gasteiger partial charge in [0.15, 0.2) is 5.65 Å². The first kappa shape index (κ1) is 20.1. The molecular formula is C26H24N6S. The fraction of sp³-hybridized carbons (Fsp3) is 0.192. The summed E-state index contributed by atoms with van der Waals surface area (Å²) in [6.45, 7) is 4.04. The van der Waals surface area contributed by atoms with Crippen molar-refractivity contribution in [2.75, 3.05) is 38.1 Å². The first-order valence-electron chi connectivity index (χ1n) is 11.1. The zero-order valence-corrected chi connectivity index (χ0v) is 19.2. The molecule has 0 N–H and O–H groups in total. The third-order valence-electron chi connectivity index (χ3n) is 6.23. The van der Waals surface area contributed by atoms with Crippen LogP contribution in [0, 0.1) is 0 Å². The number of benzene rings is 1. The molecule has 6 rings (SSSR count). The second-order valence-corrected chi connectivity index (χ2v) is 9.17. The van der Waals surface area contributed by atoms with Crippen LogP contribution in [0.2, 0.25) is 0 Å². The Morgan fingerprint density at radius 1 is 0.818 bits per heavy atom. The van der Waals surface area contributed by atoms with Gasteiger partial charge < -0.3 is 9.80 Å². The molecule has 1 aliphatic rings. The maximum absolute atomic E-state index is 5.06. The number of fused-ring (bicyclic) bond motifs is 1. The summed E-state index contributed by atoms with van der Waals surface area (Å²) in [7, 11) is 2.17. The van der Waals surface area contributed by atoms with Gasteiger partial charge in [-0.15, -0.1) is 5.10 Å². The topological polar surface area (TPSA) is 49.6 Å². The van der Waals surface area contributed by atoms with Crippen LogP contribution in [0.1, 0.15) is 0 Å². The standard InChI is InChI=1S/C26H24N6S/c1-30-12-14-31(15-13-30)24-6-5-23-28-25(26(32(23)29-24)19-7-10-27-11-8-19)21-4-2-3-20(17-21)22-9-16-33-18-22/h2-11,16-18H,12-15H2,1H3. The van der Waals surface area contributed by atoms with E-state index in [0.717, 1.165) is 60.2 Å². The molecule has 5 heterocycles. The van der Waals surface area contributed by atoms with Crippen molar-refractivity contribution >= 4 is 22.8 Å². The van der Waals surface area contributed by atoms with E-state index in [1.807, 2.05) is 29.0 Å². The number of likely N-dealkylation sites (N-methyl/N-ethyl adjacent to an activating group) is 1. The van der Waals surface area contributed by atoms with Crippen molar-refractivity contribution in [3.63, 3.8) is 0 Å². The van der Waals surface area contributed by atoms with Gasteiger partial charge in [0.2, 0.25) is 0 Å². The summed E-state index contributed by atoms with van der Waals surface area (Å²) in [6, 6.07) is 19.0. The summed E-state index contributed by atoms with van der Waals surface area (Å²) in [5, 5.41) is 9.35. The van der Waals surface area contributed by atoms with E-state index in [4.69, 9.17) is 10.1 Å². The average Bonchev–Trinajstić information content (AvgIpc) is 3.53. The maximum atomic E-state index is 5.06. The Bertz CT molecular complexity index is 1390. The van der Waals surface area contributed by atoms with Crippen molar-refractivity contribution in [3.8, 4) is 33.6 Å². The molecule has 4 aromatic heterocycles. The number of piperazine rings is 1. The minimum Gasteiger partial charge on any atom is -0.353 e. The molecule has 6 nitrogen and oxygen atoms in total. The number of thiophene rings is 1. The van der Waals surface area contributed by atoms with Gasteiger partial charge in [0.1, 0.15) is 11.5 Å². The van der Waals surface area contributed by atoms with Gasteiger partial charge in [0.25, 0.3) is 0 Å².